The molecular weight excluding hydrogens is 224 g/mol. The van der Waals surface area contributed by atoms with Crippen LogP contribution in [0.15, 0.2) is 0 Å². The van der Waals surface area contributed by atoms with Gasteiger partial charge in [-0.1, -0.05) is 33.6 Å². The van der Waals surface area contributed by atoms with Gasteiger partial charge in [0.15, 0.2) is 0 Å². The minimum absolute atomic E-state index is 0.0933. The van der Waals surface area contributed by atoms with Crippen molar-refractivity contribution < 1.29 is 5.11 Å². The van der Waals surface area contributed by atoms with Crippen LogP contribution in [0.1, 0.15) is 53.4 Å². The summed E-state index contributed by atoms with van der Waals surface area (Å²) in [6.07, 6.45) is 4.97. The first-order valence-corrected chi connectivity index (χ1v) is 7.52. The molecule has 0 saturated heterocycles. The third-order valence-electron chi connectivity index (χ3n) is 4.89. The van der Waals surface area contributed by atoms with Gasteiger partial charge in [0, 0.05) is 24.7 Å². The number of rotatable bonds is 6. The van der Waals surface area contributed by atoms with E-state index in [1.54, 1.807) is 0 Å². The van der Waals surface area contributed by atoms with Gasteiger partial charge in [0.2, 0.25) is 0 Å². The fourth-order valence-corrected chi connectivity index (χ4v) is 3.14. The van der Waals surface area contributed by atoms with E-state index in [4.69, 9.17) is 5.73 Å². The summed E-state index contributed by atoms with van der Waals surface area (Å²) in [6.45, 7) is 9.83. The van der Waals surface area contributed by atoms with E-state index in [9.17, 15) is 5.11 Å². The monoisotopic (exact) mass is 256 g/mol. The van der Waals surface area contributed by atoms with Crippen molar-refractivity contribution in [3.8, 4) is 0 Å². The van der Waals surface area contributed by atoms with Crippen molar-refractivity contribution in [2.45, 2.75) is 65.0 Å². The van der Waals surface area contributed by atoms with Crippen molar-refractivity contribution in [1.82, 2.24) is 5.32 Å². The molecule has 0 spiro atoms. The zero-order chi connectivity index (χ0) is 13.8. The summed E-state index contributed by atoms with van der Waals surface area (Å²) < 4.78 is 0. The molecule has 1 fully saturated rings. The second-order valence-electron chi connectivity index (χ2n) is 6.68. The van der Waals surface area contributed by atoms with Crippen molar-refractivity contribution >= 4 is 0 Å². The molecule has 4 unspecified atom stereocenters. The van der Waals surface area contributed by atoms with Crippen molar-refractivity contribution in [3.63, 3.8) is 0 Å². The number of hydrogen-bond acceptors (Lipinski definition) is 3. The van der Waals surface area contributed by atoms with Gasteiger partial charge in [0.1, 0.15) is 0 Å². The van der Waals surface area contributed by atoms with Crippen molar-refractivity contribution in [1.29, 1.82) is 0 Å². The second-order valence-corrected chi connectivity index (χ2v) is 6.68. The van der Waals surface area contributed by atoms with Gasteiger partial charge in [-0.05, 0) is 37.5 Å². The van der Waals surface area contributed by atoms with Crippen LogP contribution >= 0.6 is 0 Å². The molecule has 0 aromatic rings. The predicted octanol–water partition coefficient (Wildman–Crippen LogP) is 2.14. The molecule has 1 saturated carbocycles. The van der Waals surface area contributed by atoms with E-state index in [1.807, 2.05) is 0 Å². The van der Waals surface area contributed by atoms with Crippen LogP contribution in [-0.4, -0.2) is 29.8 Å². The smallest absolute Gasteiger partial charge is 0.0471 e. The molecule has 18 heavy (non-hydrogen) atoms. The maximum Gasteiger partial charge on any atom is 0.0471 e. The highest BCUT2D eigenvalue weighted by atomic mass is 16.3. The molecule has 0 aromatic heterocycles. The van der Waals surface area contributed by atoms with E-state index in [1.165, 1.54) is 25.7 Å². The Bertz CT molecular complexity index is 245. The van der Waals surface area contributed by atoms with Gasteiger partial charge in [0.05, 0.1) is 0 Å². The topological polar surface area (TPSA) is 58.3 Å². The van der Waals surface area contributed by atoms with Gasteiger partial charge in [-0.25, -0.2) is 0 Å². The van der Waals surface area contributed by atoms with E-state index < -0.39 is 0 Å². The van der Waals surface area contributed by atoms with Gasteiger partial charge in [0.25, 0.3) is 0 Å². The lowest BCUT2D eigenvalue weighted by atomic mass is 9.71. The van der Waals surface area contributed by atoms with Gasteiger partial charge in [-0.2, -0.15) is 0 Å². The molecule has 4 atom stereocenters. The number of hydrogen-bond donors (Lipinski definition) is 3. The van der Waals surface area contributed by atoms with E-state index >= 15 is 0 Å². The molecular formula is C15H32N2O. The molecule has 1 aliphatic rings. The largest absolute Gasteiger partial charge is 0.396 e. The Morgan fingerprint density at radius 1 is 1.33 bits per heavy atom. The molecule has 0 amide bonds. The summed E-state index contributed by atoms with van der Waals surface area (Å²) in [5.74, 6) is 1.81. The Morgan fingerprint density at radius 2 is 2.00 bits per heavy atom. The third-order valence-corrected chi connectivity index (χ3v) is 4.89. The summed E-state index contributed by atoms with van der Waals surface area (Å²) in [4.78, 5) is 0. The first kappa shape index (κ1) is 15.9. The Morgan fingerprint density at radius 3 is 2.50 bits per heavy atom. The minimum Gasteiger partial charge on any atom is -0.396 e. The van der Waals surface area contributed by atoms with Crippen molar-refractivity contribution in [2.24, 2.45) is 23.5 Å². The molecule has 0 aromatic carbocycles. The average molecular weight is 256 g/mol. The lowest BCUT2D eigenvalue weighted by Crippen LogP contribution is -2.58. The number of aliphatic hydroxyl groups is 1. The summed E-state index contributed by atoms with van der Waals surface area (Å²) in [5.41, 5.74) is 6.16. The van der Waals surface area contributed by atoms with Crippen LogP contribution in [0.2, 0.25) is 0 Å². The fourth-order valence-electron chi connectivity index (χ4n) is 3.14. The highest BCUT2D eigenvalue weighted by Gasteiger charge is 2.37. The molecule has 3 heteroatoms. The van der Waals surface area contributed by atoms with E-state index in [0.717, 1.165) is 11.8 Å². The van der Waals surface area contributed by atoms with Crippen LogP contribution < -0.4 is 11.1 Å². The van der Waals surface area contributed by atoms with Crippen LogP contribution in [0.4, 0.5) is 0 Å². The van der Waals surface area contributed by atoms with Crippen LogP contribution in [0.5, 0.6) is 0 Å². The Balaban J connectivity index is 2.66. The maximum atomic E-state index is 9.26. The summed E-state index contributed by atoms with van der Waals surface area (Å²) in [7, 11) is 0. The third kappa shape index (κ3) is 3.94. The van der Waals surface area contributed by atoms with E-state index in [2.05, 4.69) is 33.0 Å². The van der Waals surface area contributed by atoms with Gasteiger partial charge < -0.3 is 16.2 Å². The highest BCUT2D eigenvalue weighted by Crippen LogP contribution is 2.36. The minimum atomic E-state index is 0.0933. The van der Waals surface area contributed by atoms with Gasteiger partial charge in [-0.3, -0.25) is 0 Å². The molecule has 0 bridgehead atoms. The molecule has 0 radical (unpaired) electrons. The average Bonchev–Trinajstić information content (AvgIpc) is 2.37. The van der Waals surface area contributed by atoms with Crippen LogP contribution in [0.3, 0.4) is 0 Å². The van der Waals surface area contributed by atoms with Crippen molar-refractivity contribution in [2.75, 3.05) is 13.2 Å². The number of aliphatic hydroxyl groups excluding tert-OH is 1. The zero-order valence-corrected chi connectivity index (χ0v) is 12.6. The fraction of sp³-hybridized carbons (Fsp3) is 1.00. The van der Waals surface area contributed by atoms with Crippen LogP contribution in [-0.2, 0) is 0 Å². The molecule has 108 valence electrons. The van der Waals surface area contributed by atoms with Gasteiger partial charge >= 0.3 is 0 Å². The van der Waals surface area contributed by atoms with Crippen LogP contribution in [0.25, 0.3) is 0 Å². The molecule has 3 nitrogen and oxygen atoms in total. The summed E-state index contributed by atoms with van der Waals surface area (Å²) in [6, 6.07) is 0.324. The highest BCUT2D eigenvalue weighted by molar-refractivity contribution is 4.97. The Labute approximate surface area is 113 Å². The Hall–Kier alpha value is -0.120. The summed E-state index contributed by atoms with van der Waals surface area (Å²) in [5, 5.41) is 13.0. The molecule has 1 rings (SSSR count). The van der Waals surface area contributed by atoms with E-state index in [-0.39, 0.29) is 18.1 Å². The first-order valence-electron chi connectivity index (χ1n) is 7.52. The SMILES string of the molecule is CC(C)C1CCCC(CN)(NC(C)C(C)CO)C1. The summed E-state index contributed by atoms with van der Waals surface area (Å²) >= 11 is 0. The normalized spacial score (nSPS) is 32.5. The lowest BCUT2D eigenvalue weighted by molar-refractivity contribution is 0.118. The molecule has 0 aliphatic heterocycles. The lowest BCUT2D eigenvalue weighted by Gasteiger charge is -2.45. The standard InChI is InChI=1S/C15H32N2O/c1-11(2)14-6-5-7-15(8-14,10-16)17-13(4)12(3)9-18/h11-14,17-18H,5-10,16H2,1-4H3. The first-order chi connectivity index (χ1) is 8.44. The quantitative estimate of drug-likeness (QED) is 0.682. The van der Waals surface area contributed by atoms with Crippen molar-refractivity contribution in [3.05, 3.63) is 0 Å². The number of nitrogens with two attached hydrogens (primary N) is 1. The molecule has 4 N–H and O–H groups in total. The zero-order valence-electron chi connectivity index (χ0n) is 12.6. The Kier molecular flexibility index (Phi) is 6.09. The molecule has 1 aliphatic carbocycles. The molecule has 0 heterocycles. The van der Waals surface area contributed by atoms with Crippen LogP contribution in [0, 0.1) is 17.8 Å². The van der Waals surface area contributed by atoms with E-state index in [0.29, 0.717) is 12.6 Å². The van der Waals surface area contributed by atoms with Gasteiger partial charge in [-0.15, -0.1) is 0 Å². The predicted molar refractivity (Wildman–Crippen MR) is 77.4 cm³/mol. The second kappa shape index (κ2) is 6.88. The number of nitrogens with one attached hydrogen (secondary N) is 1. The maximum absolute atomic E-state index is 9.26.